The first-order valence-corrected chi connectivity index (χ1v) is 7.24. The lowest BCUT2D eigenvalue weighted by Gasteiger charge is -2.16. The van der Waals surface area contributed by atoms with Crippen LogP contribution < -0.4 is 10.2 Å². The molecular formula is C12H19N5OS. The molecule has 0 atom stereocenters. The van der Waals surface area contributed by atoms with Crippen LogP contribution in [0.15, 0.2) is 10.7 Å². The van der Waals surface area contributed by atoms with Crippen LogP contribution in [0.3, 0.4) is 0 Å². The Labute approximate surface area is 116 Å². The van der Waals surface area contributed by atoms with Crippen molar-refractivity contribution in [2.75, 3.05) is 18.0 Å². The van der Waals surface area contributed by atoms with Gasteiger partial charge in [0, 0.05) is 37.6 Å². The molecule has 2 aromatic heterocycles. The number of nitrogens with zero attached hydrogens (tertiary/aromatic N) is 4. The van der Waals surface area contributed by atoms with Gasteiger partial charge in [-0.15, -0.1) is 11.3 Å². The fourth-order valence-corrected chi connectivity index (χ4v) is 2.74. The molecule has 1 N–H and O–H groups in total. The van der Waals surface area contributed by atoms with Gasteiger partial charge in [-0.3, -0.25) is 0 Å². The Morgan fingerprint density at radius 1 is 1.32 bits per heavy atom. The van der Waals surface area contributed by atoms with Crippen LogP contribution in [0.1, 0.15) is 30.4 Å². The summed E-state index contributed by atoms with van der Waals surface area (Å²) in [5, 5.41) is 8.21. The highest BCUT2D eigenvalue weighted by atomic mass is 32.1. The first-order valence-electron chi connectivity index (χ1n) is 6.42. The Morgan fingerprint density at radius 2 is 2.11 bits per heavy atom. The predicted octanol–water partition coefficient (Wildman–Crippen LogP) is 1.97. The van der Waals surface area contributed by atoms with Crippen LogP contribution in [0.2, 0.25) is 0 Å². The molecule has 6 nitrogen and oxygen atoms in total. The van der Waals surface area contributed by atoms with Crippen LogP contribution in [-0.2, 0) is 13.1 Å². The average Bonchev–Trinajstić information content (AvgIpc) is 3.01. The minimum absolute atomic E-state index is 0.596. The summed E-state index contributed by atoms with van der Waals surface area (Å²) in [4.78, 5) is 12.0. The molecule has 7 heteroatoms. The lowest BCUT2D eigenvalue weighted by atomic mass is 10.5. The summed E-state index contributed by atoms with van der Waals surface area (Å²) in [7, 11) is 0. The van der Waals surface area contributed by atoms with E-state index in [1.54, 1.807) is 18.3 Å². The van der Waals surface area contributed by atoms with Crippen LogP contribution in [0.25, 0.3) is 0 Å². The van der Waals surface area contributed by atoms with Crippen LogP contribution in [0.5, 0.6) is 0 Å². The highest BCUT2D eigenvalue weighted by molar-refractivity contribution is 7.15. The topological polar surface area (TPSA) is 67.1 Å². The van der Waals surface area contributed by atoms with Gasteiger partial charge in [0.15, 0.2) is 11.0 Å². The third-order valence-corrected chi connectivity index (χ3v) is 3.79. The van der Waals surface area contributed by atoms with E-state index in [0.717, 1.165) is 24.8 Å². The van der Waals surface area contributed by atoms with E-state index in [1.165, 1.54) is 4.88 Å². The van der Waals surface area contributed by atoms with E-state index >= 15 is 0 Å². The minimum Gasteiger partial charge on any atom is -0.349 e. The average molecular weight is 281 g/mol. The van der Waals surface area contributed by atoms with Crippen molar-refractivity contribution < 1.29 is 4.52 Å². The van der Waals surface area contributed by atoms with Gasteiger partial charge in [0.05, 0.1) is 6.54 Å². The number of nitrogens with one attached hydrogen (secondary N) is 1. The van der Waals surface area contributed by atoms with Crippen LogP contribution in [0, 0.1) is 6.92 Å². The predicted molar refractivity (Wildman–Crippen MR) is 75.3 cm³/mol. The van der Waals surface area contributed by atoms with E-state index in [-0.39, 0.29) is 0 Å². The second kappa shape index (κ2) is 6.63. The lowest BCUT2D eigenvalue weighted by molar-refractivity contribution is 0.385. The zero-order valence-electron chi connectivity index (χ0n) is 11.5. The maximum absolute atomic E-state index is 4.91. The molecular weight excluding hydrogens is 262 g/mol. The van der Waals surface area contributed by atoms with Gasteiger partial charge in [-0.1, -0.05) is 5.16 Å². The first kappa shape index (κ1) is 14.0. The van der Waals surface area contributed by atoms with Crippen molar-refractivity contribution in [2.24, 2.45) is 0 Å². The van der Waals surface area contributed by atoms with E-state index in [0.29, 0.717) is 18.3 Å². The van der Waals surface area contributed by atoms with E-state index < -0.39 is 0 Å². The van der Waals surface area contributed by atoms with Crippen LogP contribution >= 0.6 is 11.3 Å². The number of thiazole rings is 1. The maximum Gasteiger partial charge on any atom is 0.223 e. The van der Waals surface area contributed by atoms with Crippen molar-refractivity contribution in [3.05, 3.63) is 22.8 Å². The highest BCUT2D eigenvalue weighted by Gasteiger charge is 2.08. The quantitative estimate of drug-likeness (QED) is 0.837. The number of anilines is 1. The number of hydrogen-bond acceptors (Lipinski definition) is 7. The van der Waals surface area contributed by atoms with Gasteiger partial charge in [0.25, 0.3) is 0 Å². The normalized spacial score (nSPS) is 10.9. The van der Waals surface area contributed by atoms with E-state index in [2.05, 4.69) is 39.2 Å². The Hall–Kier alpha value is -1.47. The molecule has 0 aromatic carbocycles. The standard InChI is InChI=1S/C12H19N5OS/c1-4-17(5-2)12-14-7-10(19-12)6-13-8-11-15-9(3)18-16-11/h7,13H,4-6,8H2,1-3H3. The molecule has 2 heterocycles. The second-order valence-corrected chi connectivity index (χ2v) is 5.21. The molecule has 0 unspecified atom stereocenters. The smallest absolute Gasteiger partial charge is 0.223 e. The van der Waals surface area contributed by atoms with Gasteiger partial charge in [-0.2, -0.15) is 4.98 Å². The number of aryl methyl sites for hydroxylation is 1. The fraction of sp³-hybridized carbons (Fsp3) is 0.583. The van der Waals surface area contributed by atoms with Crippen LogP contribution in [-0.4, -0.2) is 28.2 Å². The van der Waals surface area contributed by atoms with Crippen LogP contribution in [0.4, 0.5) is 5.13 Å². The fourth-order valence-electron chi connectivity index (χ4n) is 1.73. The van der Waals surface area contributed by atoms with Crippen molar-refractivity contribution in [1.29, 1.82) is 0 Å². The van der Waals surface area contributed by atoms with Crippen molar-refractivity contribution in [3.8, 4) is 0 Å². The van der Waals surface area contributed by atoms with E-state index in [9.17, 15) is 0 Å². The van der Waals surface area contributed by atoms with E-state index in [1.807, 2.05) is 6.20 Å². The molecule has 0 saturated heterocycles. The number of rotatable bonds is 7. The van der Waals surface area contributed by atoms with Gasteiger partial charge in [-0.25, -0.2) is 4.98 Å². The van der Waals surface area contributed by atoms with Crippen molar-refractivity contribution in [1.82, 2.24) is 20.4 Å². The Morgan fingerprint density at radius 3 is 2.74 bits per heavy atom. The zero-order valence-corrected chi connectivity index (χ0v) is 12.3. The molecule has 0 bridgehead atoms. The van der Waals surface area contributed by atoms with E-state index in [4.69, 9.17) is 4.52 Å². The molecule has 0 amide bonds. The third-order valence-electron chi connectivity index (χ3n) is 2.73. The van der Waals surface area contributed by atoms with Gasteiger partial charge in [0.2, 0.25) is 5.89 Å². The summed E-state index contributed by atoms with van der Waals surface area (Å²) in [6.07, 6.45) is 1.92. The monoisotopic (exact) mass is 281 g/mol. The van der Waals surface area contributed by atoms with Crippen molar-refractivity contribution >= 4 is 16.5 Å². The summed E-state index contributed by atoms with van der Waals surface area (Å²) >= 11 is 1.72. The Bertz CT molecular complexity index is 506. The zero-order chi connectivity index (χ0) is 13.7. The SMILES string of the molecule is CCN(CC)c1ncc(CNCc2noc(C)n2)s1. The molecule has 0 spiro atoms. The highest BCUT2D eigenvalue weighted by Crippen LogP contribution is 2.21. The lowest BCUT2D eigenvalue weighted by Crippen LogP contribution is -2.21. The van der Waals surface area contributed by atoms with Gasteiger partial charge in [0.1, 0.15) is 0 Å². The number of hydrogen-bond donors (Lipinski definition) is 1. The maximum atomic E-state index is 4.91. The van der Waals surface area contributed by atoms with Gasteiger partial charge < -0.3 is 14.7 Å². The molecule has 19 heavy (non-hydrogen) atoms. The summed E-state index contributed by atoms with van der Waals surface area (Å²) in [5.74, 6) is 1.28. The molecule has 104 valence electrons. The molecule has 0 radical (unpaired) electrons. The Balaban J connectivity index is 1.83. The summed E-state index contributed by atoms with van der Waals surface area (Å²) in [6.45, 7) is 9.42. The van der Waals surface area contributed by atoms with Crippen molar-refractivity contribution in [3.63, 3.8) is 0 Å². The largest absolute Gasteiger partial charge is 0.349 e. The van der Waals surface area contributed by atoms with Crippen molar-refractivity contribution in [2.45, 2.75) is 33.9 Å². The summed E-state index contributed by atoms with van der Waals surface area (Å²) < 4.78 is 4.91. The summed E-state index contributed by atoms with van der Waals surface area (Å²) in [6, 6.07) is 0. The molecule has 0 aliphatic rings. The minimum atomic E-state index is 0.596. The molecule has 0 aliphatic heterocycles. The Kier molecular flexibility index (Phi) is 4.86. The third kappa shape index (κ3) is 3.74. The molecule has 0 saturated carbocycles. The second-order valence-electron chi connectivity index (χ2n) is 4.11. The molecule has 0 fully saturated rings. The summed E-state index contributed by atoms with van der Waals surface area (Å²) in [5.41, 5.74) is 0. The number of aromatic nitrogens is 3. The van der Waals surface area contributed by atoms with Gasteiger partial charge in [-0.05, 0) is 13.8 Å². The molecule has 0 aliphatic carbocycles. The van der Waals surface area contributed by atoms with Gasteiger partial charge >= 0.3 is 0 Å². The molecule has 2 aromatic rings. The first-order chi connectivity index (χ1) is 9.22. The molecule has 2 rings (SSSR count).